The summed E-state index contributed by atoms with van der Waals surface area (Å²) in [5.74, 6) is -0.370. The first kappa shape index (κ1) is 21.7. The van der Waals surface area contributed by atoms with Crippen molar-refractivity contribution in [1.29, 1.82) is 0 Å². The summed E-state index contributed by atoms with van der Waals surface area (Å²) < 4.78 is 19.3. The van der Waals surface area contributed by atoms with Gasteiger partial charge in [-0.05, 0) is 58.0 Å². The van der Waals surface area contributed by atoms with Crippen LogP contribution in [0, 0.1) is 5.82 Å². The Balaban J connectivity index is 1.83. The Hall–Kier alpha value is -1.64. The van der Waals surface area contributed by atoms with Crippen molar-refractivity contribution < 1.29 is 24.0 Å². The summed E-state index contributed by atoms with van der Waals surface area (Å²) in [4.78, 5) is 13.9. The molecule has 0 saturated heterocycles. The molecule has 0 atom stereocenters. The number of carbonyl (C=O) groups excluding carboxylic acids is 1. The molecule has 1 aliphatic carbocycles. The number of nitrogens with one attached hydrogen (secondary N) is 1. The van der Waals surface area contributed by atoms with Crippen LogP contribution in [0.1, 0.15) is 52.0 Å². The van der Waals surface area contributed by atoms with Gasteiger partial charge in [0.2, 0.25) is 0 Å². The normalized spacial score (nSPS) is 20.3. The molecule has 3 N–H and O–H groups in total. The van der Waals surface area contributed by atoms with Crippen LogP contribution in [0.3, 0.4) is 0 Å². The smallest absolute Gasteiger partial charge is 0.444 e. The van der Waals surface area contributed by atoms with Crippen LogP contribution in [0.5, 0.6) is 0 Å². The van der Waals surface area contributed by atoms with E-state index in [1.54, 1.807) is 11.9 Å². The minimum absolute atomic E-state index is 0.141. The third kappa shape index (κ3) is 6.48. The van der Waals surface area contributed by atoms with Gasteiger partial charge < -0.3 is 25.0 Å². The van der Waals surface area contributed by atoms with Gasteiger partial charge in [-0.3, -0.25) is 0 Å². The van der Waals surface area contributed by atoms with Crippen LogP contribution in [-0.4, -0.2) is 52.9 Å². The second-order valence-corrected chi connectivity index (χ2v) is 8.20. The van der Waals surface area contributed by atoms with Crippen LogP contribution in [0.25, 0.3) is 0 Å². The van der Waals surface area contributed by atoms with Crippen molar-refractivity contribution >= 4 is 18.7 Å². The fourth-order valence-electron chi connectivity index (χ4n) is 3.30. The molecule has 1 saturated carbocycles. The Labute approximate surface area is 160 Å². The van der Waals surface area contributed by atoms with Gasteiger partial charge in [0.15, 0.2) is 0 Å². The van der Waals surface area contributed by atoms with E-state index >= 15 is 0 Å². The Morgan fingerprint density at radius 2 is 1.93 bits per heavy atom. The van der Waals surface area contributed by atoms with Crippen molar-refractivity contribution in [3.8, 4) is 0 Å². The number of halogens is 1. The summed E-state index contributed by atoms with van der Waals surface area (Å²) >= 11 is 0. The topological polar surface area (TPSA) is 82.0 Å². The minimum Gasteiger partial charge on any atom is -0.444 e. The summed E-state index contributed by atoms with van der Waals surface area (Å²) in [6.07, 6.45) is 3.15. The van der Waals surface area contributed by atoms with Crippen molar-refractivity contribution in [1.82, 2.24) is 10.2 Å². The Morgan fingerprint density at radius 1 is 1.30 bits per heavy atom. The van der Waals surface area contributed by atoms with E-state index in [1.807, 2.05) is 20.8 Å². The molecule has 8 heteroatoms. The zero-order chi connectivity index (χ0) is 20.2. The van der Waals surface area contributed by atoms with E-state index in [4.69, 9.17) is 4.74 Å². The summed E-state index contributed by atoms with van der Waals surface area (Å²) in [5.41, 5.74) is 0.176. The molecule has 1 aliphatic rings. The van der Waals surface area contributed by atoms with E-state index in [0.717, 1.165) is 25.7 Å². The Bertz CT molecular complexity index is 643. The molecule has 150 valence electrons. The summed E-state index contributed by atoms with van der Waals surface area (Å²) in [6.45, 7) is 5.88. The second kappa shape index (κ2) is 9.04. The lowest BCUT2D eigenvalue weighted by Crippen LogP contribution is -2.45. The number of nitrogens with zero attached hydrogens (tertiary/aromatic N) is 1. The number of carbonyl (C=O) groups is 1. The molecule has 27 heavy (non-hydrogen) atoms. The predicted molar refractivity (Wildman–Crippen MR) is 103 cm³/mol. The van der Waals surface area contributed by atoms with E-state index in [-0.39, 0.29) is 29.5 Å². The average molecular weight is 380 g/mol. The fraction of sp³-hybridized carbons (Fsp3) is 0.632. The zero-order valence-corrected chi connectivity index (χ0v) is 16.5. The largest absolute Gasteiger partial charge is 0.488 e. The number of hydrogen-bond acceptors (Lipinski definition) is 5. The maximum Gasteiger partial charge on any atom is 0.488 e. The lowest BCUT2D eigenvalue weighted by molar-refractivity contribution is 0.0179. The molecule has 0 heterocycles. The Morgan fingerprint density at radius 3 is 2.48 bits per heavy atom. The van der Waals surface area contributed by atoms with Gasteiger partial charge in [-0.1, -0.05) is 12.1 Å². The number of hydrogen-bond donors (Lipinski definition) is 3. The third-order valence-electron chi connectivity index (χ3n) is 4.88. The van der Waals surface area contributed by atoms with Crippen molar-refractivity contribution in [3.05, 3.63) is 29.6 Å². The summed E-state index contributed by atoms with van der Waals surface area (Å²) in [5, 5.41) is 21.8. The van der Waals surface area contributed by atoms with E-state index in [9.17, 15) is 19.2 Å². The maximum atomic E-state index is 13.9. The molecule has 1 fully saturated rings. The van der Waals surface area contributed by atoms with Crippen LogP contribution < -0.4 is 10.8 Å². The first-order valence-corrected chi connectivity index (χ1v) is 9.40. The highest BCUT2D eigenvalue weighted by Gasteiger charge is 2.29. The minimum atomic E-state index is -1.61. The molecule has 0 bridgehead atoms. The van der Waals surface area contributed by atoms with E-state index in [0.29, 0.717) is 12.1 Å². The van der Waals surface area contributed by atoms with E-state index in [2.05, 4.69) is 5.32 Å². The van der Waals surface area contributed by atoms with Gasteiger partial charge in [-0.2, -0.15) is 0 Å². The van der Waals surface area contributed by atoms with Gasteiger partial charge in [0, 0.05) is 31.2 Å². The molecule has 0 spiro atoms. The molecule has 1 aromatic rings. The van der Waals surface area contributed by atoms with Crippen molar-refractivity contribution in [2.24, 2.45) is 0 Å². The van der Waals surface area contributed by atoms with Gasteiger partial charge in [-0.15, -0.1) is 0 Å². The molecule has 0 aliphatic heterocycles. The SMILES string of the molecule is CN(C(=O)OC(C)(C)C)[C@H]1CC[C@H](NCc2cc(B(O)O)ccc2F)CC1. The number of ether oxygens (including phenoxy) is 1. The van der Waals surface area contributed by atoms with Gasteiger partial charge in [0.05, 0.1) is 0 Å². The molecule has 0 unspecified atom stereocenters. The second-order valence-electron chi connectivity index (χ2n) is 8.20. The highest BCUT2D eigenvalue weighted by molar-refractivity contribution is 6.58. The molecule has 6 nitrogen and oxygen atoms in total. The number of rotatable bonds is 5. The standard InChI is InChI=1S/C19H30BFN2O4/c1-19(2,3)27-18(24)23(4)16-8-6-15(7-9-16)22-12-13-11-14(20(25)26)5-10-17(13)21/h5,10-11,15-16,22,25-26H,6-9,12H2,1-4H3/t15-,16-. The predicted octanol–water partition coefficient (Wildman–Crippen LogP) is 1.77. The lowest BCUT2D eigenvalue weighted by Gasteiger charge is -2.35. The van der Waals surface area contributed by atoms with E-state index in [1.165, 1.54) is 18.2 Å². The molecule has 0 radical (unpaired) electrons. The first-order chi connectivity index (χ1) is 12.6. The maximum absolute atomic E-state index is 13.9. The molecular formula is C19H30BFN2O4. The van der Waals surface area contributed by atoms with Gasteiger partial charge in [0.25, 0.3) is 0 Å². The van der Waals surface area contributed by atoms with Gasteiger partial charge >= 0.3 is 13.2 Å². The molecular weight excluding hydrogens is 350 g/mol. The van der Waals surface area contributed by atoms with Crippen molar-refractivity contribution in [2.75, 3.05) is 7.05 Å². The monoisotopic (exact) mass is 380 g/mol. The number of benzene rings is 1. The van der Waals surface area contributed by atoms with Crippen molar-refractivity contribution in [2.45, 2.75) is 70.7 Å². The summed E-state index contributed by atoms with van der Waals surface area (Å²) in [6, 6.07) is 4.45. The molecule has 1 aromatic carbocycles. The highest BCUT2D eigenvalue weighted by Crippen LogP contribution is 2.24. The number of amides is 1. The average Bonchev–Trinajstić information content (AvgIpc) is 2.59. The first-order valence-electron chi connectivity index (χ1n) is 9.40. The quantitative estimate of drug-likeness (QED) is 0.679. The third-order valence-corrected chi connectivity index (χ3v) is 4.88. The van der Waals surface area contributed by atoms with E-state index < -0.39 is 12.7 Å². The Kier molecular flexibility index (Phi) is 7.25. The molecule has 1 amide bonds. The van der Waals surface area contributed by atoms with Crippen LogP contribution in [0.2, 0.25) is 0 Å². The van der Waals surface area contributed by atoms with Crippen LogP contribution in [-0.2, 0) is 11.3 Å². The lowest BCUT2D eigenvalue weighted by atomic mass is 9.79. The zero-order valence-electron chi connectivity index (χ0n) is 16.5. The van der Waals surface area contributed by atoms with Crippen LogP contribution >= 0.6 is 0 Å². The summed E-state index contributed by atoms with van der Waals surface area (Å²) in [7, 11) is 0.163. The van der Waals surface area contributed by atoms with Crippen molar-refractivity contribution in [3.63, 3.8) is 0 Å². The van der Waals surface area contributed by atoms with Gasteiger partial charge in [0.1, 0.15) is 11.4 Å². The van der Waals surface area contributed by atoms with Crippen LogP contribution in [0.4, 0.5) is 9.18 Å². The molecule has 2 rings (SSSR count). The molecule has 0 aromatic heterocycles. The van der Waals surface area contributed by atoms with Gasteiger partial charge in [-0.25, -0.2) is 9.18 Å². The van der Waals surface area contributed by atoms with Crippen LogP contribution in [0.15, 0.2) is 18.2 Å². The fourth-order valence-corrected chi connectivity index (χ4v) is 3.30. The highest BCUT2D eigenvalue weighted by atomic mass is 19.1.